The number of halogens is 6. The minimum Gasteiger partial charge on any atom is -0.320 e. The van der Waals surface area contributed by atoms with Gasteiger partial charge in [0.05, 0.1) is 33.4 Å². The van der Waals surface area contributed by atoms with E-state index in [-0.39, 0.29) is 50.3 Å². The highest BCUT2D eigenvalue weighted by Gasteiger charge is 2.38. The Morgan fingerprint density at radius 2 is 1.68 bits per heavy atom. The number of pyridine rings is 1. The van der Waals surface area contributed by atoms with Gasteiger partial charge in [0.1, 0.15) is 5.52 Å². The predicted molar refractivity (Wildman–Crippen MR) is 125 cm³/mol. The van der Waals surface area contributed by atoms with E-state index in [1.807, 2.05) is 0 Å². The summed E-state index contributed by atoms with van der Waals surface area (Å²) >= 11 is 12.1. The van der Waals surface area contributed by atoms with Crippen molar-refractivity contribution in [3.63, 3.8) is 0 Å². The number of amides is 1. The second kappa shape index (κ2) is 10.0. The number of fused-ring (bicyclic) bond motifs is 1. The Morgan fingerprint density at radius 1 is 1.00 bits per heavy atom. The third-order valence-electron chi connectivity index (χ3n) is 4.76. The third-order valence-corrected chi connectivity index (χ3v) is 5.39. The molecule has 0 radical (unpaired) electrons. The third kappa shape index (κ3) is 5.01. The maximum Gasteiger partial charge on any atom is 0.449 e. The Labute approximate surface area is 207 Å². The molecule has 2 heterocycles. The molecule has 0 saturated carbocycles. The molecule has 0 aliphatic carbocycles. The van der Waals surface area contributed by atoms with Gasteiger partial charge in [-0.05, 0) is 36.4 Å². The quantitative estimate of drug-likeness (QED) is 0.307. The molecule has 2 aromatic heterocycles. The number of anilines is 1. The predicted octanol–water partition coefficient (Wildman–Crippen LogP) is 6.31. The molecule has 4 rings (SSSR count). The van der Waals surface area contributed by atoms with Gasteiger partial charge in [-0.25, -0.2) is 4.98 Å². The lowest BCUT2D eigenvalue weighted by Gasteiger charge is -2.11. The average molecular weight is 530 g/mol. The average Bonchev–Trinajstić information content (AvgIpc) is 3.14. The van der Waals surface area contributed by atoms with Crippen LogP contribution in [0, 0.1) is 0 Å². The van der Waals surface area contributed by atoms with E-state index in [0.717, 1.165) is 4.57 Å². The number of nitrogens with zero attached hydrogens (tertiary/aromatic N) is 3. The van der Waals surface area contributed by atoms with Crippen LogP contribution in [-0.2, 0) is 12.7 Å². The normalized spacial score (nSPS) is 11.2. The summed E-state index contributed by atoms with van der Waals surface area (Å²) in [5.74, 6) is -2.56. The fourth-order valence-electron chi connectivity index (χ4n) is 3.29. The minimum atomic E-state index is -4.85. The molecule has 0 unspecified atom stereocenters. The van der Waals surface area contributed by atoms with Crippen LogP contribution in [0.15, 0.2) is 60.9 Å². The number of imidazole rings is 1. The Balaban J connectivity index is 0.00000324. The molecule has 0 fully saturated rings. The van der Waals surface area contributed by atoms with Gasteiger partial charge in [0.2, 0.25) is 5.82 Å². The number of benzene rings is 2. The fourth-order valence-corrected chi connectivity index (χ4v) is 3.86. The van der Waals surface area contributed by atoms with E-state index in [9.17, 15) is 22.8 Å². The fraction of sp³-hybridized carbons (Fsp3) is 0.0909. The number of Topliss-reactive ketones (excluding diaryl/α,β-unsaturated/α-hetero) is 1. The molecule has 0 saturated heterocycles. The van der Waals surface area contributed by atoms with Crippen molar-refractivity contribution in [3.8, 4) is 0 Å². The molecule has 1 amide bonds. The van der Waals surface area contributed by atoms with Crippen LogP contribution in [0.2, 0.25) is 10.0 Å². The van der Waals surface area contributed by atoms with Crippen LogP contribution in [0.5, 0.6) is 0 Å². The Bertz CT molecular complexity index is 1360. The first kappa shape index (κ1) is 25.5. The first-order valence-corrected chi connectivity index (χ1v) is 10.2. The largest absolute Gasteiger partial charge is 0.449 e. The summed E-state index contributed by atoms with van der Waals surface area (Å²) in [4.78, 5) is 32.9. The summed E-state index contributed by atoms with van der Waals surface area (Å²) in [6.07, 6.45) is -2.12. The minimum absolute atomic E-state index is 0. The van der Waals surface area contributed by atoms with Crippen molar-refractivity contribution >= 4 is 64.0 Å². The lowest BCUT2D eigenvalue weighted by Crippen LogP contribution is -2.19. The van der Waals surface area contributed by atoms with E-state index < -0.39 is 30.2 Å². The molecule has 4 aromatic rings. The van der Waals surface area contributed by atoms with Crippen molar-refractivity contribution in [1.29, 1.82) is 0 Å². The highest BCUT2D eigenvalue weighted by Crippen LogP contribution is 2.34. The summed E-state index contributed by atoms with van der Waals surface area (Å²) in [5.41, 5.74) is 0.0138. The van der Waals surface area contributed by atoms with Crippen LogP contribution >= 0.6 is 35.6 Å². The zero-order valence-electron chi connectivity index (χ0n) is 16.9. The van der Waals surface area contributed by atoms with Crippen LogP contribution in [-0.4, -0.2) is 26.2 Å². The Morgan fingerprint density at radius 3 is 2.29 bits per heavy atom. The first-order valence-electron chi connectivity index (χ1n) is 9.42. The van der Waals surface area contributed by atoms with Crippen LogP contribution in [0.1, 0.15) is 26.5 Å². The maximum absolute atomic E-state index is 13.8. The van der Waals surface area contributed by atoms with Crippen LogP contribution in [0.3, 0.4) is 0 Å². The number of aromatic nitrogens is 3. The number of ketones is 1. The van der Waals surface area contributed by atoms with Gasteiger partial charge in [0.25, 0.3) is 5.91 Å². The van der Waals surface area contributed by atoms with Gasteiger partial charge in [0, 0.05) is 18.0 Å². The van der Waals surface area contributed by atoms with Crippen molar-refractivity contribution in [2.75, 3.05) is 5.32 Å². The number of rotatable bonds is 5. The molecule has 0 aliphatic rings. The summed E-state index contributed by atoms with van der Waals surface area (Å²) in [6, 6.07) is 11.7. The van der Waals surface area contributed by atoms with Gasteiger partial charge < -0.3 is 9.88 Å². The molecular weight excluding hydrogens is 516 g/mol. The maximum atomic E-state index is 13.8. The molecule has 2 aromatic carbocycles. The highest BCUT2D eigenvalue weighted by molar-refractivity contribution is 6.40. The van der Waals surface area contributed by atoms with E-state index in [0.29, 0.717) is 0 Å². The molecule has 6 nitrogen and oxygen atoms in total. The number of nitrogens with one attached hydrogen (secondary N) is 1. The standard InChI is InChI=1S/C22H13Cl2F3N4O2.ClH/c23-13-5-1-6-14(24)18(13)20(33)29-15-7-2-8-16-19(15)30-21(22(25,26)27)31(16)11-17(32)12-4-3-9-28-10-12;/h1-10H,11H2,(H,29,33);1H. The van der Waals surface area contributed by atoms with Gasteiger partial charge in [-0.2, -0.15) is 13.2 Å². The van der Waals surface area contributed by atoms with Gasteiger partial charge in [-0.1, -0.05) is 35.3 Å². The molecule has 0 atom stereocenters. The highest BCUT2D eigenvalue weighted by atomic mass is 35.5. The molecule has 12 heteroatoms. The van der Waals surface area contributed by atoms with Crippen molar-refractivity contribution in [2.24, 2.45) is 0 Å². The molecule has 0 bridgehead atoms. The van der Waals surface area contributed by atoms with Gasteiger partial charge >= 0.3 is 6.18 Å². The van der Waals surface area contributed by atoms with E-state index in [2.05, 4.69) is 15.3 Å². The lowest BCUT2D eigenvalue weighted by molar-refractivity contribution is -0.146. The van der Waals surface area contributed by atoms with Crippen LogP contribution in [0.4, 0.5) is 18.9 Å². The number of alkyl halides is 3. The molecule has 34 heavy (non-hydrogen) atoms. The van der Waals surface area contributed by atoms with Crippen LogP contribution < -0.4 is 5.32 Å². The zero-order valence-corrected chi connectivity index (χ0v) is 19.3. The summed E-state index contributed by atoms with van der Waals surface area (Å²) in [6.45, 7) is -0.620. The molecule has 176 valence electrons. The van der Waals surface area contributed by atoms with Gasteiger partial charge in [-0.15, -0.1) is 12.4 Å². The monoisotopic (exact) mass is 528 g/mol. The first-order chi connectivity index (χ1) is 15.7. The number of carbonyl (C=O) groups excluding carboxylic acids is 2. The van der Waals surface area contributed by atoms with Gasteiger partial charge in [0.15, 0.2) is 5.78 Å². The summed E-state index contributed by atoms with van der Waals surface area (Å²) in [7, 11) is 0. The van der Waals surface area contributed by atoms with Crippen molar-refractivity contribution in [1.82, 2.24) is 14.5 Å². The second-order valence-corrected chi connectivity index (χ2v) is 7.72. The summed E-state index contributed by atoms with van der Waals surface area (Å²) in [5, 5.41) is 2.67. The number of hydrogen-bond donors (Lipinski definition) is 1. The van der Waals surface area contributed by atoms with Crippen molar-refractivity contribution in [3.05, 3.63) is 87.9 Å². The number of carbonyl (C=O) groups is 2. The summed E-state index contributed by atoms with van der Waals surface area (Å²) < 4.78 is 42.1. The lowest BCUT2D eigenvalue weighted by atomic mass is 10.2. The van der Waals surface area contributed by atoms with Gasteiger partial charge in [-0.3, -0.25) is 14.6 Å². The van der Waals surface area contributed by atoms with Crippen molar-refractivity contribution < 1.29 is 22.8 Å². The van der Waals surface area contributed by atoms with E-state index in [4.69, 9.17) is 23.2 Å². The Hall–Kier alpha value is -3.14. The van der Waals surface area contributed by atoms with Crippen molar-refractivity contribution in [2.45, 2.75) is 12.7 Å². The SMILES string of the molecule is Cl.O=C(Cn1c(C(F)(F)F)nc2c(NC(=O)c3c(Cl)cccc3Cl)cccc21)c1cccnc1. The van der Waals surface area contributed by atoms with Crippen LogP contribution in [0.25, 0.3) is 11.0 Å². The smallest absolute Gasteiger partial charge is 0.320 e. The van der Waals surface area contributed by atoms with E-state index in [1.165, 1.54) is 54.9 Å². The molecule has 1 N–H and O–H groups in total. The number of para-hydroxylation sites is 1. The topological polar surface area (TPSA) is 76.9 Å². The molecule has 0 aliphatic heterocycles. The van der Waals surface area contributed by atoms with E-state index in [1.54, 1.807) is 6.07 Å². The zero-order chi connectivity index (χ0) is 23.8. The van der Waals surface area contributed by atoms with E-state index >= 15 is 0 Å². The molecule has 0 spiro atoms. The second-order valence-electron chi connectivity index (χ2n) is 6.91. The number of hydrogen-bond acceptors (Lipinski definition) is 4. The molecular formula is C22H14Cl3F3N4O2. The Kier molecular flexibility index (Phi) is 7.50.